The van der Waals surface area contributed by atoms with Gasteiger partial charge in [-0.25, -0.2) is 0 Å². The summed E-state index contributed by atoms with van der Waals surface area (Å²) in [5.41, 5.74) is -0.861. The van der Waals surface area contributed by atoms with Crippen molar-refractivity contribution in [3.8, 4) is 0 Å². The van der Waals surface area contributed by atoms with Crippen molar-refractivity contribution < 1.29 is 14.6 Å². The average Bonchev–Trinajstić information content (AvgIpc) is 2.71. The van der Waals surface area contributed by atoms with Crippen LogP contribution in [0.1, 0.15) is 20.8 Å². The van der Waals surface area contributed by atoms with Crippen LogP contribution in [0.25, 0.3) is 0 Å². The Labute approximate surface area is 103 Å². The van der Waals surface area contributed by atoms with E-state index < -0.39 is 5.60 Å². The van der Waals surface area contributed by atoms with Gasteiger partial charge < -0.3 is 20.1 Å². The number of nitrogens with zero attached hydrogens (tertiary/aromatic N) is 1. The number of hydrogen-bond donors (Lipinski definition) is 2. The monoisotopic (exact) mass is 244 g/mol. The summed E-state index contributed by atoms with van der Waals surface area (Å²) in [5.74, 6) is -0.0752. The van der Waals surface area contributed by atoms with Gasteiger partial charge in [-0.15, -0.1) is 0 Å². The number of carbonyl (C=O) groups is 1. The van der Waals surface area contributed by atoms with Gasteiger partial charge >= 0.3 is 0 Å². The fraction of sp³-hybridized carbons (Fsp3) is 0.917. The molecule has 0 aromatic rings. The second-order valence-electron chi connectivity index (χ2n) is 5.20. The number of ether oxygens (including phenoxy) is 1. The molecule has 2 unspecified atom stereocenters. The number of nitrogens with one attached hydrogen (secondary N) is 1. The van der Waals surface area contributed by atoms with Crippen LogP contribution in [0.2, 0.25) is 0 Å². The first-order valence-electron chi connectivity index (χ1n) is 6.15. The van der Waals surface area contributed by atoms with E-state index in [4.69, 9.17) is 4.74 Å². The van der Waals surface area contributed by atoms with Gasteiger partial charge in [0.25, 0.3) is 0 Å². The Balaban J connectivity index is 2.65. The van der Waals surface area contributed by atoms with Gasteiger partial charge in [-0.05, 0) is 27.8 Å². The third-order valence-corrected chi connectivity index (χ3v) is 3.04. The van der Waals surface area contributed by atoms with Crippen LogP contribution in [0, 0.1) is 5.92 Å². The third kappa shape index (κ3) is 3.94. The summed E-state index contributed by atoms with van der Waals surface area (Å²) >= 11 is 0. The lowest BCUT2D eigenvalue weighted by Gasteiger charge is -2.31. The van der Waals surface area contributed by atoms with Crippen LogP contribution in [0.15, 0.2) is 0 Å². The number of aliphatic hydroxyl groups is 1. The van der Waals surface area contributed by atoms with Gasteiger partial charge in [0.15, 0.2) is 0 Å². The highest BCUT2D eigenvalue weighted by Crippen LogP contribution is 2.18. The molecule has 5 heteroatoms. The van der Waals surface area contributed by atoms with E-state index in [0.717, 1.165) is 0 Å². The molecule has 1 aliphatic heterocycles. The molecule has 2 N–H and O–H groups in total. The predicted octanol–water partition coefficient (Wildman–Crippen LogP) is -0.160. The molecule has 1 rings (SSSR count). The van der Waals surface area contributed by atoms with E-state index in [2.05, 4.69) is 5.32 Å². The molecule has 0 radical (unpaired) electrons. The summed E-state index contributed by atoms with van der Waals surface area (Å²) in [5, 5.41) is 12.9. The van der Waals surface area contributed by atoms with Crippen molar-refractivity contribution in [3.63, 3.8) is 0 Å². The highest BCUT2D eigenvalue weighted by Gasteiger charge is 2.36. The van der Waals surface area contributed by atoms with Gasteiger partial charge in [0, 0.05) is 19.1 Å². The smallest absolute Gasteiger partial charge is 0.229 e. The zero-order valence-electron chi connectivity index (χ0n) is 11.2. The first-order valence-corrected chi connectivity index (χ1v) is 6.15. The molecule has 1 amide bonds. The van der Waals surface area contributed by atoms with Gasteiger partial charge in [-0.3, -0.25) is 4.79 Å². The van der Waals surface area contributed by atoms with Crippen molar-refractivity contribution in [2.24, 2.45) is 5.92 Å². The van der Waals surface area contributed by atoms with Crippen LogP contribution < -0.4 is 5.32 Å². The predicted molar refractivity (Wildman–Crippen MR) is 65.7 cm³/mol. The van der Waals surface area contributed by atoms with Gasteiger partial charge in [0.1, 0.15) is 0 Å². The van der Waals surface area contributed by atoms with E-state index in [0.29, 0.717) is 26.3 Å². The summed E-state index contributed by atoms with van der Waals surface area (Å²) in [6.07, 6.45) is 0. The molecule has 17 heavy (non-hydrogen) atoms. The Morgan fingerprint density at radius 2 is 2.18 bits per heavy atom. The summed E-state index contributed by atoms with van der Waals surface area (Å²) < 4.78 is 5.33. The molecule has 1 fully saturated rings. The molecule has 2 atom stereocenters. The number of carbonyl (C=O) groups excluding carboxylic acids is 1. The molecule has 0 bridgehead atoms. The highest BCUT2D eigenvalue weighted by atomic mass is 16.5. The first-order chi connectivity index (χ1) is 7.89. The normalized spacial score (nSPS) is 25.0. The summed E-state index contributed by atoms with van der Waals surface area (Å²) in [7, 11) is 1.84. The molecular weight excluding hydrogens is 220 g/mol. The minimum Gasteiger partial charge on any atom is -0.389 e. The summed E-state index contributed by atoms with van der Waals surface area (Å²) in [6, 6.07) is 0.0818. The van der Waals surface area contributed by atoms with Crippen LogP contribution in [-0.4, -0.2) is 60.9 Å². The van der Waals surface area contributed by atoms with Crippen LogP contribution in [0.4, 0.5) is 0 Å². The van der Waals surface area contributed by atoms with Gasteiger partial charge in [0.05, 0.1) is 24.7 Å². The zero-order chi connectivity index (χ0) is 13.1. The van der Waals surface area contributed by atoms with Crippen LogP contribution in [0.5, 0.6) is 0 Å². The summed E-state index contributed by atoms with van der Waals surface area (Å²) in [6.45, 7) is 7.35. The second kappa shape index (κ2) is 5.80. The molecule has 0 spiro atoms. The molecule has 0 aromatic heterocycles. The second-order valence-corrected chi connectivity index (χ2v) is 5.20. The van der Waals surface area contributed by atoms with E-state index in [9.17, 15) is 9.90 Å². The lowest BCUT2D eigenvalue weighted by molar-refractivity contribution is -0.138. The summed E-state index contributed by atoms with van der Waals surface area (Å²) in [4.78, 5) is 14.0. The molecule has 1 saturated heterocycles. The van der Waals surface area contributed by atoms with E-state index in [-0.39, 0.29) is 17.9 Å². The van der Waals surface area contributed by atoms with Gasteiger partial charge in [-0.1, -0.05) is 0 Å². The molecule has 0 aromatic carbocycles. The van der Waals surface area contributed by atoms with Crippen molar-refractivity contribution >= 4 is 5.91 Å². The van der Waals surface area contributed by atoms with E-state index in [1.165, 1.54) is 0 Å². The zero-order valence-corrected chi connectivity index (χ0v) is 11.2. The van der Waals surface area contributed by atoms with E-state index >= 15 is 0 Å². The maximum atomic E-state index is 12.3. The topological polar surface area (TPSA) is 61.8 Å². The standard InChI is InChI=1S/C12H24N2O3/c1-5-14(8-12(2,3)16)11(15)9-6-17-7-10(9)13-4/h9-10,13,16H,5-8H2,1-4H3. The Kier molecular flexibility index (Phi) is 4.91. The van der Waals surface area contributed by atoms with Crippen LogP contribution in [-0.2, 0) is 9.53 Å². The van der Waals surface area contributed by atoms with Crippen molar-refractivity contribution in [1.82, 2.24) is 10.2 Å². The highest BCUT2D eigenvalue weighted by molar-refractivity contribution is 5.80. The van der Waals surface area contributed by atoms with Crippen molar-refractivity contribution in [1.29, 1.82) is 0 Å². The Bertz CT molecular complexity index is 263. The van der Waals surface area contributed by atoms with Crippen molar-refractivity contribution in [2.75, 3.05) is 33.4 Å². The number of rotatable bonds is 5. The third-order valence-electron chi connectivity index (χ3n) is 3.04. The van der Waals surface area contributed by atoms with E-state index in [1.807, 2.05) is 14.0 Å². The maximum absolute atomic E-state index is 12.3. The lowest BCUT2D eigenvalue weighted by Crippen LogP contribution is -2.49. The largest absolute Gasteiger partial charge is 0.389 e. The molecular formula is C12H24N2O3. The molecule has 1 heterocycles. The SMILES string of the molecule is CCN(CC(C)(C)O)C(=O)C1COCC1NC. The average molecular weight is 244 g/mol. The number of hydrogen-bond acceptors (Lipinski definition) is 4. The molecule has 100 valence electrons. The van der Waals surface area contributed by atoms with Crippen molar-refractivity contribution in [2.45, 2.75) is 32.4 Å². The minimum absolute atomic E-state index is 0.0616. The Morgan fingerprint density at radius 3 is 2.65 bits per heavy atom. The minimum atomic E-state index is -0.861. The first kappa shape index (κ1) is 14.4. The fourth-order valence-corrected chi connectivity index (χ4v) is 2.13. The molecule has 1 aliphatic rings. The Hall–Kier alpha value is -0.650. The quantitative estimate of drug-likeness (QED) is 0.705. The Morgan fingerprint density at radius 1 is 1.53 bits per heavy atom. The van der Waals surface area contributed by atoms with Gasteiger partial charge in [-0.2, -0.15) is 0 Å². The van der Waals surface area contributed by atoms with Gasteiger partial charge in [0.2, 0.25) is 5.91 Å². The van der Waals surface area contributed by atoms with Crippen LogP contribution >= 0.6 is 0 Å². The number of likely N-dealkylation sites (N-methyl/N-ethyl adjacent to an activating group) is 2. The molecule has 0 aliphatic carbocycles. The van der Waals surface area contributed by atoms with Crippen LogP contribution in [0.3, 0.4) is 0 Å². The number of amides is 1. The van der Waals surface area contributed by atoms with Crippen molar-refractivity contribution in [3.05, 3.63) is 0 Å². The fourth-order valence-electron chi connectivity index (χ4n) is 2.13. The molecule has 0 saturated carbocycles. The van der Waals surface area contributed by atoms with E-state index in [1.54, 1.807) is 18.7 Å². The lowest BCUT2D eigenvalue weighted by atomic mass is 10.0. The molecule has 5 nitrogen and oxygen atoms in total. The maximum Gasteiger partial charge on any atom is 0.229 e.